The molecule has 0 aromatic carbocycles. The highest BCUT2D eigenvalue weighted by Crippen LogP contribution is 2.30. The van der Waals surface area contributed by atoms with Gasteiger partial charge in [0.25, 0.3) is 0 Å². The van der Waals surface area contributed by atoms with Crippen molar-refractivity contribution >= 4 is 11.7 Å². The summed E-state index contributed by atoms with van der Waals surface area (Å²) in [5, 5.41) is 2.80. The van der Waals surface area contributed by atoms with Crippen LogP contribution in [-0.4, -0.2) is 39.1 Å². The molecule has 0 unspecified atom stereocenters. The van der Waals surface area contributed by atoms with Gasteiger partial charge in [-0.1, -0.05) is 0 Å². The largest absolute Gasteiger partial charge is 0.434 e. The minimum absolute atomic E-state index is 0.0727. The summed E-state index contributed by atoms with van der Waals surface area (Å²) < 4.78 is 39.9. The molecule has 1 aliphatic heterocycles. The third kappa shape index (κ3) is 3.97. The average Bonchev–Trinajstić information content (AvgIpc) is 3.00. The summed E-state index contributed by atoms with van der Waals surface area (Å²) in [5.74, 6) is 0.523. The minimum Gasteiger partial charge on any atom is -0.334 e. The highest BCUT2D eigenvalue weighted by Gasteiger charge is 2.36. The van der Waals surface area contributed by atoms with Gasteiger partial charge < -0.3 is 14.8 Å². The third-order valence-electron chi connectivity index (χ3n) is 4.54. The van der Waals surface area contributed by atoms with E-state index in [2.05, 4.69) is 15.3 Å². The molecule has 0 saturated carbocycles. The number of alkyl halides is 3. The van der Waals surface area contributed by atoms with E-state index >= 15 is 0 Å². The van der Waals surface area contributed by atoms with Crippen molar-refractivity contribution in [3.8, 4) is 0 Å². The summed E-state index contributed by atoms with van der Waals surface area (Å²) in [6.07, 6.45) is 1.02. The lowest BCUT2D eigenvalue weighted by atomic mass is 9.99. The molecular formula is C17H20F3N5O. The molecule has 0 radical (unpaired) electrons. The first-order valence-electron chi connectivity index (χ1n) is 8.30. The van der Waals surface area contributed by atoms with Crippen molar-refractivity contribution in [1.29, 1.82) is 0 Å². The number of hydrogen-bond donors (Lipinski definition) is 1. The van der Waals surface area contributed by atoms with Gasteiger partial charge in [0.2, 0.25) is 0 Å². The van der Waals surface area contributed by atoms with Gasteiger partial charge in [-0.25, -0.2) is 9.78 Å². The molecule has 1 atom stereocenters. The molecule has 1 aliphatic rings. The molecule has 26 heavy (non-hydrogen) atoms. The molecule has 0 bridgehead atoms. The zero-order chi connectivity index (χ0) is 18.9. The van der Waals surface area contributed by atoms with Gasteiger partial charge in [0.1, 0.15) is 5.82 Å². The number of carbonyl (C=O) groups excluding carboxylic acids is 1. The van der Waals surface area contributed by atoms with Crippen molar-refractivity contribution in [3.63, 3.8) is 0 Å². The van der Waals surface area contributed by atoms with Crippen molar-refractivity contribution in [2.24, 2.45) is 5.92 Å². The van der Waals surface area contributed by atoms with Crippen molar-refractivity contribution < 1.29 is 18.0 Å². The van der Waals surface area contributed by atoms with Gasteiger partial charge in [0, 0.05) is 39.0 Å². The standard InChI is InChI=1S/C17H20F3N5O/c1-11-5-6-21-7-13(11)22-16(26)24(2)8-12-3-4-15-23-14(17(18,19)20)10-25(15)9-12/h5-7,10,12H,3-4,8-9H2,1-2H3,(H,22,26)/t12-/m0/s1. The number of nitrogens with zero attached hydrogens (tertiary/aromatic N) is 4. The number of pyridine rings is 1. The predicted octanol–water partition coefficient (Wildman–Crippen LogP) is 3.33. The Morgan fingerprint density at radius 2 is 2.23 bits per heavy atom. The second-order valence-corrected chi connectivity index (χ2v) is 6.60. The normalized spacial score (nSPS) is 16.9. The second kappa shape index (κ2) is 6.97. The molecule has 6 nitrogen and oxygen atoms in total. The number of aryl methyl sites for hydroxylation is 2. The van der Waals surface area contributed by atoms with Gasteiger partial charge in [-0.05, 0) is 30.9 Å². The van der Waals surface area contributed by atoms with Gasteiger partial charge in [-0.3, -0.25) is 4.98 Å². The van der Waals surface area contributed by atoms with Gasteiger partial charge >= 0.3 is 12.2 Å². The number of fused-ring (bicyclic) bond motifs is 1. The maximum Gasteiger partial charge on any atom is 0.434 e. The summed E-state index contributed by atoms with van der Waals surface area (Å²) >= 11 is 0. The Morgan fingerprint density at radius 3 is 2.92 bits per heavy atom. The average molecular weight is 367 g/mol. The number of rotatable bonds is 3. The van der Waals surface area contributed by atoms with E-state index in [-0.39, 0.29) is 11.9 Å². The summed E-state index contributed by atoms with van der Waals surface area (Å²) in [7, 11) is 1.67. The Labute approximate surface area is 149 Å². The molecule has 3 rings (SSSR count). The number of anilines is 1. The maximum atomic E-state index is 12.8. The highest BCUT2D eigenvalue weighted by molar-refractivity contribution is 5.89. The lowest BCUT2D eigenvalue weighted by Gasteiger charge is -2.28. The molecule has 2 aromatic rings. The zero-order valence-corrected chi connectivity index (χ0v) is 14.5. The summed E-state index contributed by atoms with van der Waals surface area (Å²) in [4.78, 5) is 21.5. The van der Waals surface area contributed by atoms with Crippen molar-refractivity contribution in [2.45, 2.75) is 32.5 Å². The molecular weight excluding hydrogens is 347 g/mol. The van der Waals surface area contributed by atoms with Crippen LogP contribution in [0, 0.1) is 12.8 Å². The molecule has 2 amide bonds. The predicted molar refractivity (Wildman–Crippen MR) is 89.7 cm³/mol. The van der Waals surface area contributed by atoms with Crippen LogP contribution in [0.3, 0.4) is 0 Å². The number of carbonyl (C=O) groups is 1. The Bertz CT molecular complexity index is 802. The van der Waals surface area contributed by atoms with Crippen LogP contribution in [0.1, 0.15) is 23.5 Å². The van der Waals surface area contributed by atoms with Crippen LogP contribution in [0.2, 0.25) is 0 Å². The zero-order valence-electron chi connectivity index (χ0n) is 14.5. The Balaban J connectivity index is 1.60. The van der Waals surface area contributed by atoms with Gasteiger partial charge in [0.05, 0.1) is 11.9 Å². The third-order valence-corrected chi connectivity index (χ3v) is 4.54. The van der Waals surface area contributed by atoms with Gasteiger partial charge in [0.15, 0.2) is 5.69 Å². The molecule has 140 valence electrons. The first-order valence-corrected chi connectivity index (χ1v) is 8.30. The molecule has 0 saturated heterocycles. The molecule has 2 aromatic heterocycles. The topological polar surface area (TPSA) is 63.1 Å². The van der Waals surface area contributed by atoms with Crippen LogP contribution in [0.25, 0.3) is 0 Å². The van der Waals surface area contributed by atoms with Crippen molar-refractivity contribution in [2.75, 3.05) is 18.9 Å². The van der Waals surface area contributed by atoms with Crippen LogP contribution >= 0.6 is 0 Å². The van der Waals surface area contributed by atoms with E-state index in [9.17, 15) is 18.0 Å². The number of nitrogens with one attached hydrogen (secondary N) is 1. The van der Waals surface area contributed by atoms with E-state index in [1.54, 1.807) is 35.0 Å². The number of urea groups is 1. The molecule has 0 spiro atoms. The van der Waals surface area contributed by atoms with Crippen molar-refractivity contribution in [3.05, 3.63) is 41.7 Å². The van der Waals surface area contributed by atoms with Crippen LogP contribution in [0.5, 0.6) is 0 Å². The van der Waals surface area contributed by atoms with E-state index in [0.29, 0.717) is 37.4 Å². The number of hydrogen-bond acceptors (Lipinski definition) is 3. The van der Waals surface area contributed by atoms with Crippen LogP contribution in [0.4, 0.5) is 23.7 Å². The van der Waals surface area contributed by atoms with E-state index in [4.69, 9.17) is 0 Å². The first-order chi connectivity index (χ1) is 12.2. The van der Waals surface area contributed by atoms with Crippen LogP contribution in [-0.2, 0) is 19.1 Å². The molecule has 0 aliphatic carbocycles. The van der Waals surface area contributed by atoms with Gasteiger partial charge in [-0.2, -0.15) is 13.2 Å². The molecule has 3 heterocycles. The van der Waals surface area contributed by atoms with Crippen molar-refractivity contribution in [1.82, 2.24) is 19.4 Å². The maximum absolute atomic E-state index is 12.8. The Morgan fingerprint density at radius 1 is 1.46 bits per heavy atom. The SMILES string of the molecule is Cc1ccncc1NC(=O)N(C)C[C@@H]1CCc2nc(C(F)(F)F)cn2C1. The fraction of sp³-hybridized carbons (Fsp3) is 0.471. The summed E-state index contributed by atoms with van der Waals surface area (Å²) in [5.41, 5.74) is 0.688. The summed E-state index contributed by atoms with van der Waals surface area (Å²) in [6, 6.07) is 1.53. The fourth-order valence-corrected chi connectivity index (χ4v) is 3.08. The van der Waals surface area contributed by atoms with Crippen LogP contribution in [0.15, 0.2) is 24.7 Å². The number of aromatic nitrogens is 3. The summed E-state index contributed by atoms with van der Waals surface area (Å²) in [6.45, 7) is 2.74. The molecule has 9 heteroatoms. The second-order valence-electron chi connectivity index (χ2n) is 6.60. The quantitative estimate of drug-likeness (QED) is 0.905. The number of halogens is 3. The van der Waals surface area contributed by atoms with E-state index < -0.39 is 11.9 Å². The van der Waals surface area contributed by atoms with E-state index in [1.807, 2.05) is 6.92 Å². The Hall–Kier alpha value is -2.58. The Kier molecular flexibility index (Phi) is 4.88. The lowest BCUT2D eigenvalue weighted by Crippen LogP contribution is -2.38. The van der Waals surface area contributed by atoms with E-state index in [0.717, 1.165) is 11.8 Å². The van der Waals surface area contributed by atoms with Gasteiger partial charge in [-0.15, -0.1) is 0 Å². The van der Waals surface area contributed by atoms with E-state index in [1.165, 1.54) is 0 Å². The smallest absolute Gasteiger partial charge is 0.334 e. The first kappa shape index (κ1) is 18.2. The minimum atomic E-state index is -4.43. The number of amides is 2. The lowest BCUT2D eigenvalue weighted by molar-refractivity contribution is -0.141. The van der Waals surface area contributed by atoms with Crippen LogP contribution < -0.4 is 5.32 Å². The molecule has 0 fully saturated rings. The molecule has 1 N–H and O–H groups in total. The fourth-order valence-electron chi connectivity index (χ4n) is 3.08. The highest BCUT2D eigenvalue weighted by atomic mass is 19.4. The number of imidazole rings is 1. The monoisotopic (exact) mass is 367 g/mol.